The summed E-state index contributed by atoms with van der Waals surface area (Å²) in [5, 5.41) is 2.61. The van der Waals surface area contributed by atoms with Gasteiger partial charge in [-0.05, 0) is 25.1 Å². The zero-order valence-electron chi connectivity index (χ0n) is 14.2. The van der Waals surface area contributed by atoms with Crippen molar-refractivity contribution in [3.63, 3.8) is 0 Å². The largest absolute Gasteiger partial charge is 0.352 e. The van der Waals surface area contributed by atoms with Gasteiger partial charge in [0.2, 0.25) is 15.9 Å². The smallest absolute Gasteiger partial charge is 0.232 e. The Morgan fingerprint density at radius 2 is 1.76 bits per heavy atom. The van der Waals surface area contributed by atoms with E-state index in [0.29, 0.717) is 11.3 Å². The third-order valence-electron chi connectivity index (χ3n) is 3.70. The van der Waals surface area contributed by atoms with Crippen LogP contribution < -0.4 is 9.62 Å². The molecule has 0 aliphatic carbocycles. The summed E-state index contributed by atoms with van der Waals surface area (Å²) in [5.74, 6) is -0.732. The number of amides is 1. The molecule has 0 heterocycles. The van der Waals surface area contributed by atoms with Crippen LogP contribution in [0.4, 0.5) is 10.1 Å². The minimum absolute atomic E-state index is 0.0185. The molecule has 2 aromatic rings. The number of benzene rings is 2. The predicted molar refractivity (Wildman–Crippen MR) is 96.2 cm³/mol. The van der Waals surface area contributed by atoms with Crippen molar-refractivity contribution < 1.29 is 17.6 Å². The van der Waals surface area contributed by atoms with Crippen molar-refractivity contribution in [2.24, 2.45) is 0 Å². The van der Waals surface area contributed by atoms with Crippen LogP contribution in [0, 0.1) is 12.7 Å². The third-order valence-corrected chi connectivity index (χ3v) is 4.89. The average molecular weight is 364 g/mol. The second kappa shape index (κ2) is 8.11. The Bertz CT molecular complexity index is 836. The number of nitrogens with zero attached hydrogens (tertiary/aromatic N) is 1. The molecule has 1 N–H and O–H groups in total. The van der Waals surface area contributed by atoms with E-state index >= 15 is 0 Å². The van der Waals surface area contributed by atoms with E-state index in [1.165, 1.54) is 10.4 Å². The van der Waals surface area contributed by atoms with Gasteiger partial charge in [0, 0.05) is 25.1 Å². The lowest BCUT2D eigenvalue weighted by Crippen LogP contribution is -2.34. The van der Waals surface area contributed by atoms with Gasteiger partial charge in [-0.15, -0.1) is 0 Å². The lowest BCUT2D eigenvalue weighted by Gasteiger charge is -2.22. The molecule has 0 bridgehead atoms. The third kappa shape index (κ3) is 5.56. The topological polar surface area (TPSA) is 66.5 Å². The molecule has 2 rings (SSSR count). The van der Waals surface area contributed by atoms with Crippen molar-refractivity contribution in [3.8, 4) is 0 Å². The quantitative estimate of drug-likeness (QED) is 0.821. The zero-order valence-corrected chi connectivity index (χ0v) is 15.0. The Kier molecular flexibility index (Phi) is 6.14. The number of rotatable bonds is 7. The fourth-order valence-corrected chi connectivity index (χ4v) is 3.25. The van der Waals surface area contributed by atoms with Gasteiger partial charge in [0.25, 0.3) is 0 Å². The molecule has 0 aliphatic heterocycles. The molecule has 5 nitrogen and oxygen atoms in total. The van der Waals surface area contributed by atoms with Crippen molar-refractivity contribution in [3.05, 3.63) is 65.5 Å². The highest BCUT2D eigenvalue weighted by Gasteiger charge is 2.18. The first-order valence-corrected chi connectivity index (χ1v) is 9.66. The maximum Gasteiger partial charge on any atom is 0.232 e. The Morgan fingerprint density at radius 1 is 1.12 bits per heavy atom. The number of aryl methyl sites for hydroxylation is 1. The maximum absolute atomic E-state index is 13.5. The van der Waals surface area contributed by atoms with Crippen LogP contribution in [-0.4, -0.2) is 27.1 Å². The Balaban J connectivity index is 1.97. The number of sulfonamides is 1. The highest BCUT2D eigenvalue weighted by molar-refractivity contribution is 7.92. The Hall–Kier alpha value is -2.41. The maximum atomic E-state index is 13.5. The van der Waals surface area contributed by atoms with Crippen molar-refractivity contribution in [2.75, 3.05) is 17.1 Å². The van der Waals surface area contributed by atoms with Crippen LogP contribution in [0.5, 0.6) is 0 Å². The van der Waals surface area contributed by atoms with E-state index < -0.39 is 10.0 Å². The van der Waals surface area contributed by atoms with Gasteiger partial charge in [0.05, 0.1) is 11.9 Å². The molecule has 0 radical (unpaired) electrons. The van der Waals surface area contributed by atoms with Crippen LogP contribution in [0.3, 0.4) is 0 Å². The molecule has 0 aromatic heterocycles. The summed E-state index contributed by atoms with van der Waals surface area (Å²) in [7, 11) is -3.51. The van der Waals surface area contributed by atoms with E-state index in [4.69, 9.17) is 0 Å². The lowest BCUT2D eigenvalue weighted by atomic mass is 10.2. The molecule has 0 unspecified atom stereocenters. The fourth-order valence-electron chi connectivity index (χ4n) is 2.32. The van der Waals surface area contributed by atoms with E-state index in [2.05, 4.69) is 5.32 Å². The van der Waals surface area contributed by atoms with E-state index in [1.54, 1.807) is 30.3 Å². The molecule has 0 spiro atoms. The second-order valence-corrected chi connectivity index (χ2v) is 7.70. The van der Waals surface area contributed by atoms with Crippen LogP contribution >= 0.6 is 0 Å². The SMILES string of the molecule is Cc1ccc(N(CCC(=O)NCc2ccccc2F)S(C)(=O)=O)cc1. The summed E-state index contributed by atoms with van der Waals surface area (Å²) in [4.78, 5) is 12.0. The van der Waals surface area contributed by atoms with Gasteiger partial charge < -0.3 is 5.32 Å². The molecule has 0 saturated carbocycles. The van der Waals surface area contributed by atoms with Gasteiger partial charge in [0.1, 0.15) is 5.82 Å². The minimum atomic E-state index is -3.51. The van der Waals surface area contributed by atoms with Crippen LogP contribution in [-0.2, 0) is 21.4 Å². The molecule has 25 heavy (non-hydrogen) atoms. The first-order chi connectivity index (χ1) is 11.8. The highest BCUT2D eigenvalue weighted by atomic mass is 32.2. The molecule has 1 amide bonds. The monoisotopic (exact) mass is 364 g/mol. The summed E-state index contributed by atoms with van der Waals surface area (Å²) in [5.41, 5.74) is 1.91. The zero-order chi connectivity index (χ0) is 18.4. The van der Waals surface area contributed by atoms with Gasteiger partial charge in [-0.1, -0.05) is 35.9 Å². The van der Waals surface area contributed by atoms with Gasteiger partial charge >= 0.3 is 0 Å². The van der Waals surface area contributed by atoms with Crippen LogP contribution in [0.1, 0.15) is 17.5 Å². The van der Waals surface area contributed by atoms with Gasteiger partial charge in [0.15, 0.2) is 0 Å². The first kappa shape index (κ1) is 18.9. The summed E-state index contributed by atoms with van der Waals surface area (Å²) in [6, 6.07) is 13.2. The highest BCUT2D eigenvalue weighted by Crippen LogP contribution is 2.18. The number of nitrogens with one attached hydrogen (secondary N) is 1. The number of halogens is 1. The van der Waals surface area contributed by atoms with E-state index in [0.717, 1.165) is 11.8 Å². The number of hydrogen-bond acceptors (Lipinski definition) is 3. The molecule has 134 valence electrons. The Morgan fingerprint density at radius 3 is 2.36 bits per heavy atom. The van der Waals surface area contributed by atoms with Crippen molar-refractivity contribution in [1.82, 2.24) is 5.32 Å². The summed E-state index contributed by atoms with van der Waals surface area (Å²) < 4.78 is 38.7. The lowest BCUT2D eigenvalue weighted by molar-refractivity contribution is -0.121. The van der Waals surface area contributed by atoms with Crippen LogP contribution in [0.25, 0.3) is 0 Å². The standard InChI is InChI=1S/C18H21FN2O3S/c1-14-7-9-16(10-8-14)21(25(2,23)24)12-11-18(22)20-13-15-5-3-4-6-17(15)19/h3-10H,11-13H2,1-2H3,(H,20,22). The minimum Gasteiger partial charge on any atom is -0.352 e. The fraction of sp³-hybridized carbons (Fsp3) is 0.278. The molecular formula is C18H21FN2O3S. The Labute approximate surface area is 147 Å². The van der Waals surface area contributed by atoms with Crippen LogP contribution in [0.2, 0.25) is 0 Å². The molecular weight excluding hydrogens is 343 g/mol. The molecule has 0 fully saturated rings. The average Bonchev–Trinajstić information content (AvgIpc) is 2.55. The summed E-state index contributed by atoms with van der Waals surface area (Å²) in [6.45, 7) is 1.99. The predicted octanol–water partition coefficient (Wildman–Crippen LogP) is 2.61. The molecule has 0 saturated heterocycles. The molecule has 2 aromatic carbocycles. The van der Waals surface area contributed by atoms with Gasteiger partial charge in [-0.25, -0.2) is 12.8 Å². The normalized spacial score (nSPS) is 11.2. The summed E-state index contributed by atoms with van der Waals surface area (Å²) >= 11 is 0. The van der Waals surface area contributed by atoms with Crippen molar-refractivity contribution >= 4 is 21.6 Å². The van der Waals surface area contributed by atoms with Gasteiger partial charge in [-0.2, -0.15) is 0 Å². The number of carbonyl (C=O) groups is 1. The van der Waals surface area contributed by atoms with E-state index in [9.17, 15) is 17.6 Å². The molecule has 0 aliphatic rings. The number of hydrogen-bond donors (Lipinski definition) is 1. The van der Waals surface area contributed by atoms with Crippen molar-refractivity contribution in [1.29, 1.82) is 0 Å². The first-order valence-electron chi connectivity index (χ1n) is 7.82. The van der Waals surface area contributed by atoms with E-state index in [-0.39, 0.29) is 31.2 Å². The van der Waals surface area contributed by atoms with Crippen LogP contribution in [0.15, 0.2) is 48.5 Å². The second-order valence-electron chi connectivity index (χ2n) is 5.79. The van der Waals surface area contributed by atoms with Gasteiger partial charge in [-0.3, -0.25) is 9.10 Å². The summed E-state index contributed by atoms with van der Waals surface area (Å²) in [6.07, 6.45) is 1.08. The molecule has 7 heteroatoms. The number of anilines is 1. The number of carbonyl (C=O) groups excluding carboxylic acids is 1. The molecule has 0 atom stereocenters. The van der Waals surface area contributed by atoms with Crippen molar-refractivity contribution in [2.45, 2.75) is 19.9 Å². The van der Waals surface area contributed by atoms with E-state index in [1.807, 2.05) is 19.1 Å².